The van der Waals surface area contributed by atoms with E-state index in [0.29, 0.717) is 0 Å². The number of likely N-dealkylation sites (tertiary alicyclic amines) is 1. The van der Waals surface area contributed by atoms with Gasteiger partial charge in [-0.05, 0) is 31.3 Å². The van der Waals surface area contributed by atoms with E-state index in [9.17, 15) is 0 Å². The fraction of sp³-hybridized carbons (Fsp3) is 0.467. The normalized spacial score (nSPS) is 17.6. The zero-order chi connectivity index (χ0) is 11.5. The Bertz CT molecular complexity index is 480. The highest BCUT2D eigenvalue weighted by atomic mass is 15.1. The Morgan fingerprint density at radius 3 is 2.76 bits per heavy atom. The van der Waals surface area contributed by atoms with Crippen LogP contribution in [0.5, 0.6) is 0 Å². The van der Waals surface area contributed by atoms with Crippen molar-refractivity contribution in [2.24, 2.45) is 0 Å². The Morgan fingerprint density at radius 1 is 1.06 bits per heavy atom. The lowest BCUT2D eigenvalue weighted by Crippen LogP contribution is -2.31. The van der Waals surface area contributed by atoms with E-state index >= 15 is 0 Å². The number of nitrogens with zero attached hydrogens (tertiary/aromatic N) is 1. The van der Waals surface area contributed by atoms with E-state index in [1.807, 2.05) is 0 Å². The third-order valence-electron chi connectivity index (χ3n) is 3.81. The first kappa shape index (κ1) is 10.8. The predicted molar refractivity (Wildman–Crippen MR) is 72.3 cm³/mol. The third-order valence-corrected chi connectivity index (χ3v) is 3.81. The molecule has 1 N–H and O–H groups in total. The number of rotatable bonds is 3. The van der Waals surface area contributed by atoms with Crippen molar-refractivity contribution < 1.29 is 0 Å². The fourth-order valence-electron chi connectivity index (χ4n) is 2.80. The van der Waals surface area contributed by atoms with Gasteiger partial charge >= 0.3 is 0 Å². The van der Waals surface area contributed by atoms with Crippen LogP contribution in [-0.2, 0) is 6.42 Å². The average Bonchev–Trinajstić information content (AvgIpc) is 2.81. The van der Waals surface area contributed by atoms with Crippen molar-refractivity contribution in [3.63, 3.8) is 0 Å². The second-order valence-electron chi connectivity index (χ2n) is 5.01. The van der Waals surface area contributed by atoms with E-state index in [-0.39, 0.29) is 0 Å². The minimum atomic E-state index is 1.15. The van der Waals surface area contributed by atoms with E-state index in [0.717, 1.165) is 6.42 Å². The van der Waals surface area contributed by atoms with Crippen LogP contribution in [0.25, 0.3) is 10.8 Å². The van der Waals surface area contributed by atoms with Gasteiger partial charge < -0.3 is 9.88 Å². The van der Waals surface area contributed by atoms with Gasteiger partial charge in [-0.1, -0.05) is 30.7 Å². The molecular formula is C15H20N2. The van der Waals surface area contributed by atoms with Gasteiger partial charge in [-0.3, -0.25) is 0 Å². The van der Waals surface area contributed by atoms with Crippen molar-refractivity contribution in [2.45, 2.75) is 25.7 Å². The summed E-state index contributed by atoms with van der Waals surface area (Å²) in [6.07, 6.45) is 7.45. The molecule has 0 saturated carbocycles. The summed E-state index contributed by atoms with van der Waals surface area (Å²) >= 11 is 0. The summed E-state index contributed by atoms with van der Waals surface area (Å²) in [4.78, 5) is 6.02. The number of nitrogens with one attached hydrogen (secondary N) is 1. The molecule has 1 aromatic heterocycles. The molecule has 0 aliphatic carbocycles. The predicted octanol–water partition coefficient (Wildman–Crippen LogP) is 3.20. The molecule has 0 bridgehead atoms. The summed E-state index contributed by atoms with van der Waals surface area (Å²) in [6.45, 7) is 3.78. The summed E-state index contributed by atoms with van der Waals surface area (Å²) in [7, 11) is 0. The number of aromatic nitrogens is 1. The first-order chi connectivity index (χ1) is 8.43. The van der Waals surface area contributed by atoms with Gasteiger partial charge in [-0.25, -0.2) is 0 Å². The van der Waals surface area contributed by atoms with Crippen molar-refractivity contribution >= 4 is 10.8 Å². The Balaban J connectivity index is 1.68. The Kier molecular flexibility index (Phi) is 3.14. The largest absolute Gasteiger partial charge is 0.364 e. The second-order valence-corrected chi connectivity index (χ2v) is 5.01. The SMILES string of the molecule is c1ccc2c(CCN3CCCCC3)[nH]cc2c1. The van der Waals surface area contributed by atoms with Gasteiger partial charge in [0, 0.05) is 30.2 Å². The van der Waals surface area contributed by atoms with Crippen molar-refractivity contribution in [1.29, 1.82) is 0 Å². The topological polar surface area (TPSA) is 19.0 Å². The van der Waals surface area contributed by atoms with E-state index in [4.69, 9.17) is 0 Å². The minimum absolute atomic E-state index is 1.15. The van der Waals surface area contributed by atoms with Gasteiger partial charge in [-0.15, -0.1) is 0 Å². The molecule has 2 aromatic rings. The van der Waals surface area contributed by atoms with Crippen LogP contribution in [-0.4, -0.2) is 29.5 Å². The molecule has 1 aliphatic heterocycles. The molecule has 1 fully saturated rings. The monoisotopic (exact) mass is 228 g/mol. The number of H-pyrrole nitrogens is 1. The van der Waals surface area contributed by atoms with Gasteiger partial charge in [0.05, 0.1) is 0 Å². The molecule has 1 saturated heterocycles. The van der Waals surface area contributed by atoms with Crippen molar-refractivity contribution in [3.8, 4) is 0 Å². The molecule has 2 heteroatoms. The Labute approximate surface area is 103 Å². The Hall–Kier alpha value is -1.28. The third kappa shape index (κ3) is 2.37. The summed E-state index contributed by atoms with van der Waals surface area (Å²) in [5, 5.41) is 2.73. The molecule has 0 spiro atoms. The lowest BCUT2D eigenvalue weighted by molar-refractivity contribution is 0.231. The maximum Gasteiger partial charge on any atom is 0.0239 e. The first-order valence-corrected chi connectivity index (χ1v) is 6.71. The van der Waals surface area contributed by atoms with Gasteiger partial charge in [0.2, 0.25) is 0 Å². The van der Waals surface area contributed by atoms with E-state index in [2.05, 4.69) is 40.3 Å². The van der Waals surface area contributed by atoms with Crippen LogP contribution < -0.4 is 0 Å². The van der Waals surface area contributed by atoms with Crippen molar-refractivity contribution in [3.05, 3.63) is 36.2 Å². The van der Waals surface area contributed by atoms with Crippen LogP contribution in [0.3, 0.4) is 0 Å². The molecule has 2 nitrogen and oxygen atoms in total. The number of hydrogen-bond acceptors (Lipinski definition) is 1. The minimum Gasteiger partial charge on any atom is -0.364 e. The highest BCUT2D eigenvalue weighted by molar-refractivity contribution is 5.85. The number of piperidine rings is 1. The standard InChI is InChI=1S/C15H20N2/c1-4-9-17(10-5-1)11-8-15-14-7-3-2-6-13(14)12-16-15/h2-3,6-7,12,16H,1,4-5,8-11H2. The molecule has 1 aromatic carbocycles. The van der Waals surface area contributed by atoms with E-state index in [1.54, 1.807) is 0 Å². The highest BCUT2D eigenvalue weighted by Gasteiger charge is 2.10. The van der Waals surface area contributed by atoms with Crippen LogP contribution in [0.2, 0.25) is 0 Å². The molecule has 0 unspecified atom stereocenters. The summed E-state index contributed by atoms with van der Waals surface area (Å²) in [5.41, 5.74) is 1.39. The lowest BCUT2D eigenvalue weighted by Gasteiger charge is -2.26. The van der Waals surface area contributed by atoms with Crippen molar-refractivity contribution in [1.82, 2.24) is 9.88 Å². The molecule has 0 amide bonds. The molecule has 17 heavy (non-hydrogen) atoms. The van der Waals surface area contributed by atoms with Gasteiger partial charge in [0.25, 0.3) is 0 Å². The van der Waals surface area contributed by atoms with Crippen molar-refractivity contribution in [2.75, 3.05) is 19.6 Å². The quantitative estimate of drug-likeness (QED) is 0.854. The van der Waals surface area contributed by atoms with Gasteiger partial charge in [-0.2, -0.15) is 0 Å². The molecule has 0 atom stereocenters. The highest BCUT2D eigenvalue weighted by Crippen LogP contribution is 2.19. The van der Waals surface area contributed by atoms with Crippen LogP contribution >= 0.6 is 0 Å². The van der Waals surface area contributed by atoms with Gasteiger partial charge in [0.1, 0.15) is 0 Å². The van der Waals surface area contributed by atoms with Crippen LogP contribution in [0.15, 0.2) is 30.5 Å². The van der Waals surface area contributed by atoms with Crippen LogP contribution in [0, 0.1) is 0 Å². The molecule has 1 aliphatic rings. The van der Waals surface area contributed by atoms with Gasteiger partial charge in [0.15, 0.2) is 0 Å². The first-order valence-electron chi connectivity index (χ1n) is 6.71. The average molecular weight is 228 g/mol. The van der Waals surface area contributed by atoms with E-state index < -0.39 is 0 Å². The lowest BCUT2D eigenvalue weighted by atomic mass is 10.1. The molecule has 2 heterocycles. The van der Waals surface area contributed by atoms with E-state index in [1.165, 1.54) is 55.4 Å². The zero-order valence-corrected chi connectivity index (χ0v) is 10.3. The second kappa shape index (κ2) is 4.92. The maximum atomic E-state index is 3.43. The summed E-state index contributed by atoms with van der Waals surface area (Å²) in [5.74, 6) is 0. The number of benzene rings is 1. The van der Waals surface area contributed by atoms with Crippen LogP contribution in [0.4, 0.5) is 0 Å². The summed E-state index contributed by atoms with van der Waals surface area (Å²) < 4.78 is 0. The molecule has 90 valence electrons. The number of fused-ring (bicyclic) bond motifs is 1. The fourth-order valence-corrected chi connectivity index (χ4v) is 2.80. The van der Waals surface area contributed by atoms with Crippen LogP contribution in [0.1, 0.15) is 25.0 Å². The molecule has 3 rings (SSSR count). The zero-order valence-electron chi connectivity index (χ0n) is 10.3. The molecule has 0 radical (unpaired) electrons. The smallest absolute Gasteiger partial charge is 0.0239 e. The summed E-state index contributed by atoms with van der Waals surface area (Å²) in [6, 6.07) is 8.62. The number of hydrogen-bond donors (Lipinski definition) is 1. The maximum absolute atomic E-state index is 3.43. The number of aromatic amines is 1. The molecular weight excluding hydrogens is 208 g/mol. The Morgan fingerprint density at radius 2 is 1.88 bits per heavy atom.